The van der Waals surface area contributed by atoms with Gasteiger partial charge in [0.2, 0.25) is 0 Å². The summed E-state index contributed by atoms with van der Waals surface area (Å²) in [5.74, 6) is 0. The molecule has 3 aromatic rings. The van der Waals surface area contributed by atoms with Crippen LogP contribution in [0.1, 0.15) is 33.4 Å². The van der Waals surface area contributed by atoms with E-state index in [-0.39, 0.29) is 0 Å². The van der Waals surface area contributed by atoms with Crippen molar-refractivity contribution in [2.45, 2.75) is 41.5 Å². The molecule has 0 radical (unpaired) electrons. The van der Waals surface area contributed by atoms with Crippen LogP contribution in [-0.2, 0) is 0 Å². The molecule has 0 aliphatic rings. The summed E-state index contributed by atoms with van der Waals surface area (Å²) in [6, 6.07) is 20.5. The second-order valence-electron chi connectivity index (χ2n) is 7.30. The van der Waals surface area contributed by atoms with Crippen LogP contribution in [0.5, 0.6) is 0 Å². The SMILES string of the molecule is Cc1ccc[c]([Al]([c]2cccc(C)c2C)[c]2cccc(C)c2C)c1C. The van der Waals surface area contributed by atoms with E-state index in [0.29, 0.717) is 0 Å². The number of rotatable bonds is 3. The van der Waals surface area contributed by atoms with E-state index < -0.39 is 14.1 Å². The van der Waals surface area contributed by atoms with Crippen molar-refractivity contribution in [2.24, 2.45) is 0 Å². The van der Waals surface area contributed by atoms with Gasteiger partial charge in [-0.2, -0.15) is 0 Å². The largest absolute Gasteiger partial charge is 0.384 e. The molecule has 0 aliphatic carbocycles. The Balaban J connectivity index is 2.35. The standard InChI is InChI=1S/3C8H9.Al/c3*1-7-5-3-4-6-8(7)2;/h3*3-5H,1-2H3;. The minimum Gasteiger partial charge on any atom is -0.0955 e. The second kappa shape index (κ2) is 7.21. The third kappa shape index (κ3) is 3.32. The Morgan fingerprint density at radius 3 is 1.00 bits per heavy atom. The highest BCUT2D eigenvalue weighted by Crippen LogP contribution is 2.12. The molecule has 0 atom stereocenters. The fourth-order valence-electron chi connectivity index (χ4n) is 3.76. The first-order valence-corrected chi connectivity index (χ1v) is 10.8. The smallest absolute Gasteiger partial charge is 0.0955 e. The first-order valence-electron chi connectivity index (χ1n) is 9.10. The van der Waals surface area contributed by atoms with Crippen LogP contribution in [0.3, 0.4) is 0 Å². The average molecular weight is 342 g/mol. The van der Waals surface area contributed by atoms with E-state index in [1.54, 1.807) is 13.3 Å². The van der Waals surface area contributed by atoms with Gasteiger partial charge in [-0.05, 0) is 58.2 Å². The molecule has 0 unspecified atom stereocenters. The Bertz CT molecular complexity index is 799. The van der Waals surface area contributed by atoms with Crippen LogP contribution < -0.4 is 13.3 Å². The van der Waals surface area contributed by atoms with Gasteiger partial charge in [-0.25, -0.2) is 0 Å². The van der Waals surface area contributed by atoms with Crippen molar-refractivity contribution in [3.05, 3.63) is 88.0 Å². The number of hydrogen-bond donors (Lipinski definition) is 0. The Hall–Kier alpha value is -1.81. The fraction of sp³-hybridized carbons (Fsp3) is 0.250. The molecule has 25 heavy (non-hydrogen) atoms. The lowest BCUT2D eigenvalue weighted by molar-refractivity contribution is 1.34. The van der Waals surface area contributed by atoms with Gasteiger partial charge >= 0.3 is 14.1 Å². The Morgan fingerprint density at radius 2 is 0.720 bits per heavy atom. The van der Waals surface area contributed by atoms with Crippen LogP contribution in [0, 0.1) is 41.5 Å². The van der Waals surface area contributed by atoms with E-state index in [1.807, 2.05) is 0 Å². The van der Waals surface area contributed by atoms with E-state index >= 15 is 0 Å². The molecule has 126 valence electrons. The summed E-state index contributed by atoms with van der Waals surface area (Å²) < 4.78 is 4.67. The molecule has 0 amide bonds. The minimum absolute atomic E-state index is 1.39. The van der Waals surface area contributed by atoms with E-state index in [0.717, 1.165) is 0 Å². The van der Waals surface area contributed by atoms with Crippen molar-refractivity contribution >= 4 is 27.4 Å². The van der Waals surface area contributed by atoms with Crippen LogP contribution in [0.2, 0.25) is 0 Å². The summed E-state index contributed by atoms with van der Waals surface area (Å²) in [7, 11) is 0. The average Bonchev–Trinajstić information content (AvgIpc) is 2.59. The lowest BCUT2D eigenvalue weighted by Crippen LogP contribution is -2.55. The predicted octanol–water partition coefficient (Wildman–Crippen LogP) is 4.05. The first kappa shape index (κ1) is 18.0. The van der Waals surface area contributed by atoms with Crippen LogP contribution in [0.15, 0.2) is 54.6 Å². The van der Waals surface area contributed by atoms with E-state index in [9.17, 15) is 0 Å². The van der Waals surface area contributed by atoms with Gasteiger partial charge in [-0.15, -0.1) is 0 Å². The van der Waals surface area contributed by atoms with Crippen molar-refractivity contribution in [1.29, 1.82) is 0 Å². The third-order valence-corrected chi connectivity index (χ3v) is 9.62. The summed E-state index contributed by atoms with van der Waals surface area (Å²) in [5, 5.41) is 0. The molecule has 0 fully saturated rings. The van der Waals surface area contributed by atoms with Gasteiger partial charge in [0.25, 0.3) is 0 Å². The lowest BCUT2D eigenvalue weighted by atomic mass is 10.1. The monoisotopic (exact) mass is 342 g/mol. The highest BCUT2D eigenvalue weighted by Gasteiger charge is 2.30. The molecular formula is C24H27Al. The molecule has 0 spiro atoms. The number of benzene rings is 3. The van der Waals surface area contributed by atoms with Crippen LogP contribution in [0.25, 0.3) is 0 Å². The van der Waals surface area contributed by atoms with Crippen molar-refractivity contribution in [1.82, 2.24) is 0 Å². The summed E-state index contributed by atoms with van der Waals surface area (Å²) in [6.07, 6.45) is 0. The molecule has 0 aromatic heterocycles. The van der Waals surface area contributed by atoms with Gasteiger partial charge in [0.05, 0.1) is 0 Å². The zero-order valence-corrected chi connectivity index (χ0v) is 17.4. The fourth-order valence-corrected chi connectivity index (χ4v) is 7.66. The van der Waals surface area contributed by atoms with Crippen molar-refractivity contribution in [3.63, 3.8) is 0 Å². The maximum absolute atomic E-state index is 2.36. The zero-order valence-electron chi connectivity index (χ0n) is 16.3. The molecule has 3 rings (SSSR count). The molecule has 0 heterocycles. The van der Waals surface area contributed by atoms with Crippen molar-refractivity contribution < 1.29 is 0 Å². The highest BCUT2D eigenvalue weighted by atomic mass is 27.2. The number of hydrogen-bond acceptors (Lipinski definition) is 0. The zero-order chi connectivity index (χ0) is 18.1. The van der Waals surface area contributed by atoms with Crippen molar-refractivity contribution in [3.8, 4) is 0 Å². The van der Waals surface area contributed by atoms with E-state index in [2.05, 4.69) is 96.1 Å². The van der Waals surface area contributed by atoms with Crippen molar-refractivity contribution in [2.75, 3.05) is 0 Å². The first-order chi connectivity index (χ1) is 11.9. The Morgan fingerprint density at radius 1 is 0.440 bits per heavy atom. The molecule has 0 aliphatic heterocycles. The van der Waals surface area contributed by atoms with E-state index in [1.165, 1.54) is 33.4 Å². The summed E-state index contributed by atoms with van der Waals surface area (Å²) in [5.41, 5.74) is 8.56. The van der Waals surface area contributed by atoms with Crippen LogP contribution in [0.4, 0.5) is 0 Å². The Labute approximate surface area is 156 Å². The quantitative estimate of drug-likeness (QED) is 0.630. The maximum atomic E-state index is 2.36. The molecule has 0 bridgehead atoms. The minimum atomic E-state index is -1.51. The van der Waals surface area contributed by atoms with Gasteiger partial charge in [0.1, 0.15) is 0 Å². The molecule has 0 saturated heterocycles. The molecular weight excluding hydrogens is 315 g/mol. The topological polar surface area (TPSA) is 0 Å². The van der Waals surface area contributed by atoms with Crippen LogP contribution >= 0.6 is 0 Å². The van der Waals surface area contributed by atoms with Gasteiger partial charge in [-0.1, -0.05) is 84.6 Å². The lowest BCUT2D eigenvalue weighted by Gasteiger charge is -2.22. The van der Waals surface area contributed by atoms with Crippen LogP contribution in [-0.4, -0.2) is 14.1 Å². The second-order valence-corrected chi connectivity index (χ2v) is 10.0. The summed E-state index contributed by atoms with van der Waals surface area (Å²) >= 11 is -1.51. The molecule has 0 nitrogen and oxygen atoms in total. The molecule has 3 aromatic carbocycles. The summed E-state index contributed by atoms with van der Waals surface area (Å²) in [4.78, 5) is 0. The number of aryl methyl sites for hydroxylation is 3. The van der Waals surface area contributed by atoms with E-state index in [4.69, 9.17) is 0 Å². The third-order valence-electron chi connectivity index (χ3n) is 5.87. The Kier molecular flexibility index (Phi) is 5.19. The van der Waals surface area contributed by atoms with Gasteiger partial charge in [0.15, 0.2) is 0 Å². The predicted molar refractivity (Wildman–Crippen MR) is 112 cm³/mol. The van der Waals surface area contributed by atoms with Gasteiger partial charge < -0.3 is 0 Å². The molecule has 0 N–H and O–H groups in total. The highest BCUT2D eigenvalue weighted by molar-refractivity contribution is 6.96. The van der Waals surface area contributed by atoms with Gasteiger partial charge in [0, 0.05) is 0 Å². The maximum Gasteiger partial charge on any atom is 0.384 e. The molecule has 0 saturated carbocycles. The van der Waals surface area contributed by atoms with Gasteiger partial charge in [-0.3, -0.25) is 0 Å². The normalized spacial score (nSPS) is 10.8. The summed E-state index contributed by atoms with van der Waals surface area (Å²) in [6.45, 7) is 13.6. The molecule has 1 heteroatoms.